The smallest absolute Gasteiger partial charge is 0.416 e. The molecule has 11 heteroatoms. The highest BCUT2D eigenvalue weighted by Gasteiger charge is 2.40. The first kappa shape index (κ1) is 23.7. The van der Waals surface area contributed by atoms with Gasteiger partial charge in [0.05, 0.1) is 24.0 Å². The second-order valence-electron chi connectivity index (χ2n) is 7.65. The van der Waals surface area contributed by atoms with Crippen LogP contribution in [0.15, 0.2) is 30.5 Å². The molecule has 2 N–H and O–H groups in total. The van der Waals surface area contributed by atoms with Crippen LogP contribution in [0.1, 0.15) is 25.3 Å². The number of nitrogens with one attached hydrogen (secondary N) is 1. The lowest BCUT2D eigenvalue weighted by molar-refractivity contribution is -0.137. The van der Waals surface area contributed by atoms with Crippen LogP contribution in [0.5, 0.6) is 11.8 Å². The van der Waals surface area contributed by atoms with Gasteiger partial charge in [-0.25, -0.2) is 14.8 Å². The molecule has 1 atom stereocenters. The van der Waals surface area contributed by atoms with E-state index in [4.69, 9.17) is 14.2 Å². The molecular weight excluding hydrogens is 431 g/mol. The number of hydrogen-bond acceptors (Lipinski definition) is 7. The number of aliphatic hydroxyl groups is 1. The van der Waals surface area contributed by atoms with Gasteiger partial charge in [0.1, 0.15) is 12.3 Å². The molecule has 1 fully saturated rings. The molecule has 1 amide bonds. The van der Waals surface area contributed by atoms with Crippen LogP contribution in [0.3, 0.4) is 0 Å². The summed E-state index contributed by atoms with van der Waals surface area (Å²) < 4.78 is 54.2. The Kier molecular flexibility index (Phi) is 7.19. The molecule has 0 radical (unpaired) electrons. The Morgan fingerprint density at radius 1 is 1.22 bits per heavy atom. The largest absolute Gasteiger partial charge is 0.474 e. The minimum Gasteiger partial charge on any atom is -0.474 e. The van der Waals surface area contributed by atoms with Gasteiger partial charge in [-0.05, 0) is 37.8 Å². The van der Waals surface area contributed by atoms with E-state index in [1.807, 2.05) is 0 Å². The molecule has 174 valence electrons. The third-order valence-electron chi connectivity index (χ3n) is 4.97. The number of nitrogens with zero attached hydrogens (tertiary/aromatic N) is 2. The van der Waals surface area contributed by atoms with Crippen LogP contribution in [0.25, 0.3) is 11.3 Å². The van der Waals surface area contributed by atoms with Gasteiger partial charge < -0.3 is 24.6 Å². The fourth-order valence-electron chi connectivity index (χ4n) is 2.98. The van der Waals surface area contributed by atoms with Crippen LogP contribution in [-0.4, -0.2) is 53.6 Å². The second-order valence-corrected chi connectivity index (χ2v) is 7.65. The molecule has 0 aliphatic heterocycles. The standard InChI is InChI=1S/C21H24F3N3O5/c1-20(29,14-7-8-14)12-26-19(28)32-16-11-25-18(31-10-9-30-2)17(27-16)13-3-5-15(6-4-13)21(22,23)24/h3-6,11,14,29H,7-10,12H2,1-2H3,(H,26,28). The third kappa shape index (κ3) is 6.30. The van der Waals surface area contributed by atoms with E-state index in [0.717, 1.165) is 31.2 Å². The maximum absolute atomic E-state index is 12.9. The SMILES string of the molecule is COCCOc1ncc(OC(=O)NCC(C)(O)C2CC2)nc1-c1ccc(C(F)(F)F)cc1. The summed E-state index contributed by atoms with van der Waals surface area (Å²) in [5, 5.41) is 12.8. The number of halogens is 3. The Hall–Kier alpha value is -2.92. The van der Waals surface area contributed by atoms with E-state index in [0.29, 0.717) is 5.56 Å². The predicted molar refractivity (Wildman–Crippen MR) is 107 cm³/mol. The number of amides is 1. The van der Waals surface area contributed by atoms with E-state index in [-0.39, 0.29) is 43.1 Å². The van der Waals surface area contributed by atoms with Gasteiger partial charge in [-0.3, -0.25) is 0 Å². The molecule has 1 aromatic heterocycles. The molecule has 1 aliphatic carbocycles. The van der Waals surface area contributed by atoms with Crippen molar-refractivity contribution in [1.82, 2.24) is 15.3 Å². The number of carbonyl (C=O) groups is 1. The number of carbonyl (C=O) groups excluding carboxylic acids is 1. The molecule has 1 unspecified atom stereocenters. The molecule has 0 spiro atoms. The lowest BCUT2D eigenvalue weighted by Crippen LogP contribution is -2.43. The van der Waals surface area contributed by atoms with Gasteiger partial charge in [-0.15, -0.1) is 0 Å². The Morgan fingerprint density at radius 2 is 1.91 bits per heavy atom. The summed E-state index contributed by atoms with van der Waals surface area (Å²) >= 11 is 0. The zero-order valence-electron chi connectivity index (χ0n) is 17.6. The van der Waals surface area contributed by atoms with E-state index in [1.165, 1.54) is 19.2 Å². The average Bonchev–Trinajstić information content (AvgIpc) is 3.59. The number of benzene rings is 1. The molecular formula is C21H24F3N3O5. The van der Waals surface area contributed by atoms with Crippen molar-refractivity contribution in [3.63, 3.8) is 0 Å². The first-order chi connectivity index (χ1) is 15.1. The Labute approximate surface area is 182 Å². The van der Waals surface area contributed by atoms with E-state index in [9.17, 15) is 23.1 Å². The molecule has 1 aromatic carbocycles. The van der Waals surface area contributed by atoms with E-state index < -0.39 is 23.4 Å². The minimum absolute atomic E-state index is 0.00784. The summed E-state index contributed by atoms with van der Waals surface area (Å²) in [6.45, 7) is 2.04. The maximum atomic E-state index is 12.9. The van der Waals surface area contributed by atoms with Crippen molar-refractivity contribution in [1.29, 1.82) is 0 Å². The lowest BCUT2D eigenvalue weighted by atomic mass is 10.0. The summed E-state index contributed by atoms with van der Waals surface area (Å²) in [7, 11) is 1.49. The Balaban J connectivity index is 1.77. The quantitative estimate of drug-likeness (QED) is 0.559. The first-order valence-electron chi connectivity index (χ1n) is 9.94. The number of hydrogen-bond donors (Lipinski definition) is 2. The van der Waals surface area contributed by atoms with Crippen molar-refractivity contribution in [2.24, 2.45) is 5.92 Å². The fraction of sp³-hybridized carbons (Fsp3) is 0.476. The highest BCUT2D eigenvalue weighted by molar-refractivity contribution is 5.71. The van der Waals surface area contributed by atoms with Gasteiger partial charge in [-0.1, -0.05) is 12.1 Å². The Morgan fingerprint density at radius 3 is 2.50 bits per heavy atom. The van der Waals surface area contributed by atoms with Crippen LogP contribution in [-0.2, 0) is 10.9 Å². The summed E-state index contributed by atoms with van der Waals surface area (Å²) in [4.78, 5) is 20.4. The summed E-state index contributed by atoms with van der Waals surface area (Å²) in [6, 6.07) is 4.28. The molecule has 1 saturated carbocycles. The van der Waals surface area contributed by atoms with Crippen molar-refractivity contribution < 1.29 is 37.3 Å². The van der Waals surface area contributed by atoms with Gasteiger partial charge in [0.25, 0.3) is 0 Å². The van der Waals surface area contributed by atoms with Gasteiger partial charge in [0, 0.05) is 19.2 Å². The number of methoxy groups -OCH3 is 1. The predicted octanol–water partition coefficient (Wildman–Crippen LogP) is 3.44. The molecule has 32 heavy (non-hydrogen) atoms. The van der Waals surface area contributed by atoms with Gasteiger partial charge >= 0.3 is 12.3 Å². The fourth-order valence-corrected chi connectivity index (χ4v) is 2.98. The van der Waals surface area contributed by atoms with Crippen LogP contribution in [0.4, 0.5) is 18.0 Å². The van der Waals surface area contributed by atoms with Crippen molar-refractivity contribution >= 4 is 6.09 Å². The molecule has 1 aliphatic rings. The molecule has 0 saturated heterocycles. The topological polar surface area (TPSA) is 103 Å². The summed E-state index contributed by atoms with van der Waals surface area (Å²) in [5.74, 6) is 0.00573. The highest BCUT2D eigenvalue weighted by Crippen LogP contribution is 2.39. The third-order valence-corrected chi connectivity index (χ3v) is 4.97. The minimum atomic E-state index is -4.48. The number of rotatable bonds is 9. The van der Waals surface area contributed by atoms with Crippen LogP contribution in [0.2, 0.25) is 0 Å². The maximum Gasteiger partial charge on any atom is 0.416 e. The first-order valence-corrected chi connectivity index (χ1v) is 9.94. The van der Waals surface area contributed by atoms with E-state index in [1.54, 1.807) is 6.92 Å². The Bertz CT molecular complexity index is 931. The van der Waals surface area contributed by atoms with Gasteiger partial charge in [-0.2, -0.15) is 13.2 Å². The van der Waals surface area contributed by atoms with Crippen LogP contribution >= 0.6 is 0 Å². The van der Waals surface area contributed by atoms with Crippen LogP contribution < -0.4 is 14.8 Å². The summed E-state index contributed by atoms with van der Waals surface area (Å²) in [5.41, 5.74) is -1.45. The van der Waals surface area contributed by atoms with Gasteiger partial charge in [0.15, 0.2) is 0 Å². The van der Waals surface area contributed by atoms with E-state index in [2.05, 4.69) is 15.3 Å². The molecule has 2 aromatic rings. The monoisotopic (exact) mass is 455 g/mol. The van der Waals surface area contributed by atoms with Gasteiger partial charge in [0.2, 0.25) is 11.8 Å². The number of ether oxygens (including phenoxy) is 3. The normalized spacial score (nSPS) is 15.7. The van der Waals surface area contributed by atoms with Crippen molar-refractivity contribution in [3.8, 4) is 23.0 Å². The van der Waals surface area contributed by atoms with Crippen molar-refractivity contribution in [3.05, 3.63) is 36.0 Å². The van der Waals surface area contributed by atoms with E-state index >= 15 is 0 Å². The van der Waals surface area contributed by atoms with Crippen molar-refractivity contribution in [2.45, 2.75) is 31.5 Å². The molecule has 0 bridgehead atoms. The molecule has 3 rings (SSSR count). The van der Waals surface area contributed by atoms with Crippen LogP contribution in [0, 0.1) is 5.92 Å². The zero-order chi connectivity index (χ0) is 23.4. The molecule has 8 nitrogen and oxygen atoms in total. The second kappa shape index (κ2) is 9.70. The number of alkyl halides is 3. The molecule has 1 heterocycles. The summed E-state index contributed by atoms with van der Waals surface area (Å²) in [6.07, 6.45) is -2.36. The number of aromatic nitrogens is 2. The zero-order valence-corrected chi connectivity index (χ0v) is 17.6. The lowest BCUT2D eigenvalue weighted by Gasteiger charge is -2.22. The average molecular weight is 455 g/mol. The van der Waals surface area contributed by atoms with Crippen molar-refractivity contribution in [2.75, 3.05) is 26.9 Å². The highest BCUT2D eigenvalue weighted by atomic mass is 19.4.